The SMILES string of the molecule is C=C[C@@](C)(O)CC/C=C(\C)C(=O)OC[C@H]1O[C@@H](O[C@@H]2OC=C(C(=O)O)[C@H]3CC[C@](C)(O)[C@@H]23)[C@H](O)[C@@H](O)[C@@H]1O. The highest BCUT2D eigenvalue weighted by Crippen LogP contribution is 2.49. The van der Waals surface area contributed by atoms with Crippen LogP contribution < -0.4 is 0 Å². The van der Waals surface area contributed by atoms with E-state index in [0.717, 1.165) is 6.26 Å². The Morgan fingerprint density at radius 2 is 1.92 bits per heavy atom. The molecule has 1 saturated heterocycles. The molecule has 2 aliphatic heterocycles. The molecule has 214 valence electrons. The lowest BCUT2D eigenvalue weighted by Gasteiger charge is -2.44. The Kier molecular flexibility index (Phi) is 9.40. The maximum absolute atomic E-state index is 12.4. The number of hydrogen-bond donors (Lipinski definition) is 6. The van der Waals surface area contributed by atoms with Gasteiger partial charge in [-0.15, -0.1) is 6.58 Å². The highest BCUT2D eigenvalue weighted by Gasteiger charge is 2.56. The third kappa shape index (κ3) is 6.63. The van der Waals surface area contributed by atoms with Crippen LogP contribution >= 0.6 is 0 Å². The first-order valence-electron chi connectivity index (χ1n) is 12.5. The minimum Gasteiger partial charge on any atom is -0.478 e. The summed E-state index contributed by atoms with van der Waals surface area (Å²) >= 11 is 0. The van der Waals surface area contributed by atoms with Gasteiger partial charge in [0.2, 0.25) is 6.29 Å². The first kappa shape index (κ1) is 30.2. The van der Waals surface area contributed by atoms with Crippen molar-refractivity contribution in [3.63, 3.8) is 0 Å². The fourth-order valence-electron chi connectivity index (χ4n) is 5.03. The predicted molar refractivity (Wildman–Crippen MR) is 130 cm³/mol. The van der Waals surface area contributed by atoms with Gasteiger partial charge in [-0.3, -0.25) is 0 Å². The molecule has 0 bridgehead atoms. The number of fused-ring (bicyclic) bond motifs is 1. The highest BCUT2D eigenvalue weighted by molar-refractivity contribution is 5.88. The predicted octanol–water partition coefficient (Wildman–Crippen LogP) is 0.119. The molecule has 12 heteroatoms. The molecule has 2 heterocycles. The van der Waals surface area contributed by atoms with Crippen molar-refractivity contribution in [2.24, 2.45) is 11.8 Å². The molecule has 3 aliphatic rings. The van der Waals surface area contributed by atoms with Crippen LogP contribution in [0.2, 0.25) is 0 Å². The Bertz CT molecular complexity index is 954. The van der Waals surface area contributed by atoms with Gasteiger partial charge in [0.1, 0.15) is 31.0 Å². The topological polar surface area (TPSA) is 192 Å². The van der Waals surface area contributed by atoms with Crippen LogP contribution in [0.4, 0.5) is 0 Å². The summed E-state index contributed by atoms with van der Waals surface area (Å²) in [7, 11) is 0. The lowest BCUT2D eigenvalue weighted by atomic mass is 9.81. The van der Waals surface area contributed by atoms with Gasteiger partial charge < -0.3 is 49.6 Å². The molecule has 3 rings (SSSR count). The van der Waals surface area contributed by atoms with Crippen LogP contribution in [0.25, 0.3) is 0 Å². The normalized spacial score (nSPS) is 38.8. The molecular weight excluding hydrogens is 504 g/mol. The zero-order valence-corrected chi connectivity index (χ0v) is 21.7. The zero-order chi connectivity index (χ0) is 28.4. The van der Waals surface area contributed by atoms with Gasteiger partial charge in [-0.1, -0.05) is 12.2 Å². The summed E-state index contributed by atoms with van der Waals surface area (Å²) in [6.45, 7) is 7.73. The first-order valence-corrected chi connectivity index (χ1v) is 12.5. The standard InChI is InChI=1S/C26H38O12/c1-5-25(3,33)9-6-7-13(2)22(32)35-12-16-18(27)19(28)20(29)24(37-16)38-23-17-14(8-10-26(17,4)34)15(11-36-23)21(30)31/h5,7,11,14,16-20,23-24,27-29,33-34H,1,6,8-10,12H2,2-4H3,(H,30,31)/b13-7+/t14-,16-,17-,18-,19+,20-,23+,24+,25-,26+/m1/s1. The van der Waals surface area contributed by atoms with Gasteiger partial charge in [0.25, 0.3) is 0 Å². The lowest BCUT2D eigenvalue weighted by Crippen LogP contribution is -2.61. The van der Waals surface area contributed by atoms with Crippen LogP contribution in [-0.2, 0) is 28.5 Å². The van der Waals surface area contributed by atoms with E-state index in [1.54, 1.807) is 13.0 Å². The number of ether oxygens (including phenoxy) is 4. The number of rotatable bonds is 10. The van der Waals surface area contributed by atoms with Crippen molar-refractivity contribution in [1.82, 2.24) is 0 Å². The van der Waals surface area contributed by atoms with E-state index in [0.29, 0.717) is 25.7 Å². The van der Waals surface area contributed by atoms with Crippen LogP contribution in [0, 0.1) is 11.8 Å². The molecule has 0 amide bonds. The van der Waals surface area contributed by atoms with E-state index in [1.807, 2.05) is 0 Å². The molecule has 2 fully saturated rings. The third-order valence-electron chi connectivity index (χ3n) is 7.56. The van der Waals surface area contributed by atoms with Gasteiger partial charge in [0.05, 0.1) is 29.0 Å². The van der Waals surface area contributed by atoms with Crippen molar-refractivity contribution >= 4 is 11.9 Å². The van der Waals surface area contributed by atoms with Crippen molar-refractivity contribution in [2.75, 3.05) is 6.61 Å². The largest absolute Gasteiger partial charge is 0.478 e. The van der Waals surface area contributed by atoms with E-state index in [9.17, 15) is 40.2 Å². The number of aliphatic hydroxyl groups excluding tert-OH is 3. The van der Waals surface area contributed by atoms with E-state index in [2.05, 4.69) is 6.58 Å². The van der Waals surface area contributed by atoms with E-state index < -0.39 is 78.6 Å². The second kappa shape index (κ2) is 11.8. The second-order valence-corrected chi connectivity index (χ2v) is 10.6. The third-order valence-corrected chi connectivity index (χ3v) is 7.56. The number of aliphatic carboxylic acids is 1. The summed E-state index contributed by atoms with van der Waals surface area (Å²) in [5.74, 6) is -3.26. The zero-order valence-electron chi connectivity index (χ0n) is 21.7. The molecule has 0 aromatic heterocycles. The summed E-state index contributed by atoms with van der Waals surface area (Å²) < 4.78 is 22.1. The number of carboxylic acids is 1. The molecule has 0 unspecified atom stereocenters. The second-order valence-electron chi connectivity index (χ2n) is 10.6. The molecule has 10 atom stereocenters. The van der Waals surface area contributed by atoms with Crippen molar-refractivity contribution in [3.05, 3.63) is 36.1 Å². The molecule has 0 aromatic rings. The fraction of sp³-hybridized carbons (Fsp3) is 0.692. The smallest absolute Gasteiger partial charge is 0.334 e. The molecule has 1 aliphatic carbocycles. The van der Waals surface area contributed by atoms with Crippen LogP contribution in [0.15, 0.2) is 36.1 Å². The lowest BCUT2D eigenvalue weighted by molar-refractivity contribution is -0.346. The fourth-order valence-corrected chi connectivity index (χ4v) is 5.03. The summed E-state index contributed by atoms with van der Waals surface area (Å²) in [5.41, 5.74) is -2.16. The van der Waals surface area contributed by atoms with Crippen LogP contribution in [0.1, 0.15) is 46.5 Å². The first-order chi connectivity index (χ1) is 17.7. The van der Waals surface area contributed by atoms with Crippen molar-refractivity contribution in [1.29, 1.82) is 0 Å². The van der Waals surface area contributed by atoms with Gasteiger partial charge in [-0.05, 0) is 46.5 Å². The molecule has 0 aromatic carbocycles. The van der Waals surface area contributed by atoms with E-state index >= 15 is 0 Å². The minimum atomic E-state index is -1.72. The summed E-state index contributed by atoms with van der Waals surface area (Å²) in [5, 5.41) is 61.6. The Morgan fingerprint density at radius 1 is 1.24 bits per heavy atom. The number of carbonyl (C=O) groups excluding carboxylic acids is 1. The minimum absolute atomic E-state index is 0.00508. The molecule has 38 heavy (non-hydrogen) atoms. The number of aliphatic hydroxyl groups is 5. The number of carboxylic acid groups (broad SMARTS) is 1. The quantitative estimate of drug-likeness (QED) is 0.124. The van der Waals surface area contributed by atoms with Crippen molar-refractivity contribution in [3.8, 4) is 0 Å². The molecule has 0 spiro atoms. The number of esters is 1. The van der Waals surface area contributed by atoms with Crippen LogP contribution in [0.5, 0.6) is 0 Å². The van der Waals surface area contributed by atoms with Gasteiger partial charge in [0, 0.05) is 11.5 Å². The molecular formula is C26H38O12. The molecule has 12 nitrogen and oxygen atoms in total. The van der Waals surface area contributed by atoms with E-state index in [-0.39, 0.29) is 11.1 Å². The summed E-state index contributed by atoms with van der Waals surface area (Å²) in [4.78, 5) is 24.0. The number of hydrogen-bond acceptors (Lipinski definition) is 11. The Balaban J connectivity index is 1.65. The summed E-state index contributed by atoms with van der Waals surface area (Å²) in [6, 6.07) is 0. The van der Waals surface area contributed by atoms with Gasteiger partial charge in [-0.25, -0.2) is 9.59 Å². The average molecular weight is 543 g/mol. The van der Waals surface area contributed by atoms with Gasteiger partial charge >= 0.3 is 11.9 Å². The molecule has 1 saturated carbocycles. The average Bonchev–Trinajstić information content (AvgIpc) is 3.18. The Labute approximate surface area is 220 Å². The highest BCUT2D eigenvalue weighted by atomic mass is 16.8. The number of carbonyl (C=O) groups is 2. The van der Waals surface area contributed by atoms with Crippen molar-refractivity contribution in [2.45, 2.75) is 94.7 Å². The number of allylic oxidation sites excluding steroid dienone is 1. The Morgan fingerprint density at radius 3 is 2.55 bits per heavy atom. The Hall–Kier alpha value is -2.32. The summed E-state index contributed by atoms with van der Waals surface area (Å²) in [6.07, 6.45) is -3.65. The van der Waals surface area contributed by atoms with Crippen molar-refractivity contribution < 1.29 is 59.2 Å². The van der Waals surface area contributed by atoms with Crippen LogP contribution in [-0.4, -0.2) is 97.4 Å². The molecule has 0 radical (unpaired) electrons. The monoisotopic (exact) mass is 542 g/mol. The van der Waals surface area contributed by atoms with E-state index in [1.165, 1.54) is 19.9 Å². The van der Waals surface area contributed by atoms with Crippen LogP contribution in [0.3, 0.4) is 0 Å². The van der Waals surface area contributed by atoms with Gasteiger partial charge in [-0.2, -0.15) is 0 Å². The maximum Gasteiger partial charge on any atom is 0.334 e. The molecule has 6 N–H and O–H groups in total. The van der Waals surface area contributed by atoms with Gasteiger partial charge in [0.15, 0.2) is 6.29 Å². The van der Waals surface area contributed by atoms with E-state index in [4.69, 9.17) is 18.9 Å². The maximum atomic E-state index is 12.4.